The van der Waals surface area contributed by atoms with Crippen molar-refractivity contribution >= 4 is 24.0 Å². The van der Waals surface area contributed by atoms with Crippen molar-refractivity contribution in [3.05, 3.63) is 35.4 Å². The number of thioether (sulfide) groups is 1. The average Bonchev–Trinajstić information content (AvgIpc) is 2.52. The van der Waals surface area contributed by atoms with Crippen molar-refractivity contribution < 1.29 is 22.8 Å². The lowest BCUT2D eigenvalue weighted by Crippen LogP contribution is -2.57. The molecule has 0 radical (unpaired) electrons. The predicted octanol–water partition coefficient (Wildman–Crippen LogP) is 1.82. The van der Waals surface area contributed by atoms with Crippen molar-refractivity contribution in [1.82, 2.24) is 5.32 Å². The zero-order valence-electron chi connectivity index (χ0n) is 13.1. The summed E-state index contributed by atoms with van der Waals surface area (Å²) in [5, 5.41) is 2.52. The second-order valence-electron chi connectivity index (χ2n) is 5.22. The molecule has 134 valence electrons. The van der Waals surface area contributed by atoms with Gasteiger partial charge in [-0.3, -0.25) is 4.79 Å². The molecule has 0 aliphatic rings. The van der Waals surface area contributed by atoms with Crippen molar-refractivity contribution in [2.45, 2.75) is 31.2 Å². The van der Waals surface area contributed by atoms with Crippen molar-refractivity contribution in [3.63, 3.8) is 0 Å². The van der Waals surface area contributed by atoms with E-state index in [1.165, 1.54) is 23.9 Å². The standard InChI is InChI=1S/C15H20F3N3O2S/c1-2-7-24-9-13(23)21-12(8-22)10-3-5-11(6-4-10)14(19,20)15(16,17)18/h3-6,8,12H,2,7,9,19-20H2,1H3,(H,21,23). The summed E-state index contributed by atoms with van der Waals surface area (Å²) < 4.78 is 38.4. The van der Waals surface area contributed by atoms with Crippen LogP contribution in [-0.2, 0) is 15.3 Å². The van der Waals surface area contributed by atoms with Gasteiger partial charge in [-0.1, -0.05) is 31.2 Å². The van der Waals surface area contributed by atoms with Crippen molar-refractivity contribution in [3.8, 4) is 0 Å². The van der Waals surface area contributed by atoms with Gasteiger partial charge in [-0.15, -0.1) is 0 Å². The first-order chi connectivity index (χ1) is 11.1. The van der Waals surface area contributed by atoms with Crippen LogP contribution >= 0.6 is 11.8 Å². The number of amides is 1. The first-order valence-electron chi connectivity index (χ1n) is 7.20. The maximum absolute atomic E-state index is 12.8. The molecule has 0 heterocycles. The van der Waals surface area contributed by atoms with E-state index < -0.39 is 17.9 Å². The topological polar surface area (TPSA) is 98.2 Å². The van der Waals surface area contributed by atoms with Gasteiger partial charge < -0.3 is 21.6 Å². The van der Waals surface area contributed by atoms with Crippen LogP contribution < -0.4 is 16.8 Å². The van der Waals surface area contributed by atoms with Crippen LogP contribution in [0.5, 0.6) is 0 Å². The van der Waals surface area contributed by atoms with E-state index in [9.17, 15) is 22.8 Å². The molecule has 1 amide bonds. The number of benzene rings is 1. The van der Waals surface area contributed by atoms with Crippen LogP contribution in [0.3, 0.4) is 0 Å². The maximum atomic E-state index is 12.8. The third kappa shape index (κ3) is 5.22. The minimum atomic E-state index is -4.82. The highest BCUT2D eigenvalue weighted by atomic mass is 32.2. The molecule has 0 spiro atoms. The SMILES string of the molecule is CCCSCC(=O)NC(C=O)c1ccc(C(N)(N)C(F)(F)F)cc1. The normalized spacial score (nSPS) is 13.4. The Balaban J connectivity index is 2.82. The smallest absolute Gasteiger partial charge is 0.342 e. The van der Waals surface area contributed by atoms with Crippen LogP contribution in [0, 0.1) is 0 Å². The first kappa shape index (κ1) is 20.5. The Morgan fingerprint density at radius 3 is 2.33 bits per heavy atom. The molecule has 1 aromatic rings. The monoisotopic (exact) mass is 363 g/mol. The fourth-order valence-electron chi connectivity index (χ4n) is 1.85. The van der Waals surface area contributed by atoms with Crippen molar-refractivity contribution in [2.75, 3.05) is 11.5 Å². The van der Waals surface area contributed by atoms with Crippen molar-refractivity contribution in [2.24, 2.45) is 11.5 Å². The number of aldehydes is 1. The molecule has 0 aromatic heterocycles. The molecule has 1 unspecified atom stereocenters. The fraction of sp³-hybridized carbons (Fsp3) is 0.467. The molecule has 0 saturated heterocycles. The van der Waals surface area contributed by atoms with Gasteiger partial charge in [0.15, 0.2) is 5.66 Å². The molecular formula is C15H20F3N3O2S. The molecule has 5 nitrogen and oxygen atoms in total. The molecule has 0 aliphatic heterocycles. The number of hydrogen-bond acceptors (Lipinski definition) is 5. The Morgan fingerprint density at radius 2 is 1.88 bits per heavy atom. The average molecular weight is 363 g/mol. The number of carbonyl (C=O) groups excluding carboxylic acids is 2. The minimum Gasteiger partial charge on any atom is -0.342 e. The zero-order valence-corrected chi connectivity index (χ0v) is 13.9. The van der Waals surface area contributed by atoms with Gasteiger partial charge in [0.05, 0.1) is 5.75 Å². The zero-order chi connectivity index (χ0) is 18.4. The molecular weight excluding hydrogens is 343 g/mol. The highest BCUT2D eigenvalue weighted by molar-refractivity contribution is 7.99. The molecule has 5 N–H and O–H groups in total. The quantitative estimate of drug-likeness (QED) is 0.372. The van der Waals surface area contributed by atoms with E-state index in [2.05, 4.69) is 5.32 Å². The van der Waals surface area contributed by atoms with Crippen LogP contribution in [0.1, 0.15) is 30.5 Å². The van der Waals surface area contributed by atoms with E-state index in [0.29, 0.717) is 11.8 Å². The Kier molecular flexibility index (Phi) is 7.25. The number of nitrogens with one attached hydrogen (secondary N) is 1. The van der Waals surface area contributed by atoms with E-state index in [-0.39, 0.29) is 17.2 Å². The first-order valence-corrected chi connectivity index (χ1v) is 8.36. The molecule has 1 rings (SSSR count). The molecule has 0 fully saturated rings. The van der Waals surface area contributed by atoms with Crippen LogP contribution in [0.4, 0.5) is 13.2 Å². The van der Waals surface area contributed by atoms with E-state index in [4.69, 9.17) is 11.5 Å². The summed E-state index contributed by atoms with van der Waals surface area (Å²) in [6.45, 7) is 1.98. The summed E-state index contributed by atoms with van der Waals surface area (Å²) >= 11 is 1.43. The summed E-state index contributed by atoms with van der Waals surface area (Å²) in [4.78, 5) is 22.9. The van der Waals surface area contributed by atoms with E-state index in [1.807, 2.05) is 6.92 Å². The van der Waals surface area contributed by atoms with E-state index in [0.717, 1.165) is 24.3 Å². The minimum absolute atomic E-state index is 0.207. The molecule has 0 saturated carbocycles. The highest BCUT2D eigenvalue weighted by Gasteiger charge is 2.50. The van der Waals surface area contributed by atoms with Gasteiger partial charge in [0.25, 0.3) is 0 Å². The number of halogens is 3. The van der Waals surface area contributed by atoms with Gasteiger partial charge in [0, 0.05) is 0 Å². The largest absolute Gasteiger partial charge is 0.423 e. The highest BCUT2D eigenvalue weighted by Crippen LogP contribution is 2.32. The Bertz CT molecular complexity index is 562. The summed E-state index contributed by atoms with van der Waals surface area (Å²) in [7, 11) is 0. The third-order valence-corrected chi connectivity index (χ3v) is 4.41. The second-order valence-corrected chi connectivity index (χ2v) is 6.33. The maximum Gasteiger partial charge on any atom is 0.423 e. The van der Waals surface area contributed by atoms with Crippen LogP contribution in [0.25, 0.3) is 0 Å². The van der Waals surface area contributed by atoms with Gasteiger partial charge in [-0.2, -0.15) is 24.9 Å². The molecule has 9 heteroatoms. The lowest BCUT2D eigenvalue weighted by atomic mass is 9.97. The van der Waals surface area contributed by atoms with Gasteiger partial charge in [-0.05, 0) is 23.3 Å². The molecule has 0 bridgehead atoms. The summed E-state index contributed by atoms with van der Waals surface area (Å²) in [5.41, 5.74) is 7.29. The number of rotatable bonds is 8. The molecule has 1 aromatic carbocycles. The lowest BCUT2D eigenvalue weighted by Gasteiger charge is -2.28. The number of alkyl halides is 3. The van der Waals surface area contributed by atoms with Gasteiger partial charge in [0.2, 0.25) is 5.91 Å². The predicted molar refractivity (Wildman–Crippen MR) is 87.1 cm³/mol. The van der Waals surface area contributed by atoms with Gasteiger partial charge >= 0.3 is 6.18 Å². The number of nitrogens with two attached hydrogens (primary N) is 2. The van der Waals surface area contributed by atoms with Crippen LogP contribution in [0.15, 0.2) is 24.3 Å². The molecule has 24 heavy (non-hydrogen) atoms. The molecule has 1 atom stereocenters. The number of carbonyl (C=O) groups is 2. The number of hydrogen-bond donors (Lipinski definition) is 3. The van der Waals surface area contributed by atoms with Gasteiger partial charge in [0.1, 0.15) is 12.3 Å². The summed E-state index contributed by atoms with van der Waals surface area (Å²) in [6.07, 6.45) is -3.38. The van der Waals surface area contributed by atoms with Gasteiger partial charge in [-0.25, -0.2) is 0 Å². The van der Waals surface area contributed by atoms with Crippen LogP contribution in [-0.4, -0.2) is 29.9 Å². The Morgan fingerprint density at radius 1 is 1.29 bits per heavy atom. The summed E-state index contributed by atoms with van der Waals surface area (Å²) in [5.74, 6) is 0.705. The Hall–Kier alpha value is -1.58. The molecule has 0 aliphatic carbocycles. The third-order valence-electron chi connectivity index (χ3n) is 3.25. The van der Waals surface area contributed by atoms with E-state index >= 15 is 0 Å². The van der Waals surface area contributed by atoms with E-state index in [1.54, 1.807) is 0 Å². The van der Waals surface area contributed by atoms with Crippen LogP contribution in [0.2, 0.25) is 0 Å². The van der Waals surface area contributed by atoms with Crippen molar-refractivity contribution in [1.29, 1.82) is 0 Å². The second kappa shape index (κ2) is 8.50. The summed E-state index contributed by atoms with van der Waals surface area (Å²) in [6, 6.07) is 3.82. The lowest BCUT2D eigenvalue weighted by molar-refractivity contribution is -0.188. The fourth-order valence-corrected chi connectivity index (χ4v) is 2.55. The Labute approximate surface area is 142 Å².